The number of carbonyl (C=O) groups is 1. The second-order valence-electron chi connectivity index (χ2n) is 8.20. The van der Waals surface area contributed by atoms with Crippen LogP contribution in [0.15, 0.2) is 60.8 Å². The molecule has 31 heavy (non-hydrogen) atoms. The van der Waals surface area contributed by atoms with Crippen LogP contribution in [0.4, 0.5) is 0 Å². The number of carbonyl (C=O) groups excluding carboxylic acids is 1. The first kappa shape index (κ1) is 21.3. The molecule has 1 aliphatic heterocycles. The van der Waals surface area contributed by atoms with E-state index in [2.05, 4.69) is 21.6 Å². The maximum Gasteiger partial charge on any atom is 0.185 e. The van der Waals surface area contributed by atoms with Crippen molar-refractivity contribution in [3.63, 3.8) is 0 Å². The van der Waals surface area contributed by atoms with E-state index < -0.39 is 6.10 Å². The van der Waals surface area contributed by atoms with Crippen LogP contribution < -0.4 is 4.74 Å². The number of aliphatic hydroxyl groups is 1. The number of methoxy groups -OCH3 is 1. The molecule has 0 saturated carbocycles. The summed E-state index contributed by atoms with van der Waals surface area (Å²) in [4.78, 5) is 14.9. The number of ether oxygens (including phenoxy) is 1. The molecule has 0 spiro atoms. The van der Waals surface area contributed by atoms with Gasteiger partial charge in [-0.2, -0.15) is 0 Å². The predicted molar refractivity (Wildman–Crippen MR) is 125 cm³/mol. The van der Waals surface area contributed by atoms with Crippen LogP contribution in [-0.4, -0.2) is 53.2 Å². The largest absolute Gasteiger partial charge is 0.497 e. The Balaban J connectivity index is 1.50. The Kier molecular flexibility index (Phi) is 6.85. The van der Waals surface area contributed by atoms with Crippen molar-refractivity contribution < 1.29 is 14.6 Å². The number of nitrogens with zero attached hydrogens (tertiary/aromatic N) is 2. The number of aliphatic hydroxyl groups excluding tert-OH is 1. The average molecular weight is 419 g/mol. The van der Waals surface area contributed by atoms with E-state index in [0.29, 0.717) is 18.7 Å². The van der Waals surface area contributed by atoms with Crippen LogP contribution in [0.25, 0.3) is 17.0 Å². The molecule has 1 N–H and O–H groups in total. The van der Waals surface area contributed by atoms with E-state index in [0.717, 1.165) is 35.3 Å². The Morgan fingerprint density at radius 1 is 1.06 bits per heavy atom. The summed E-state index contributed by atoms with van der Waals surface area (Å²) in [6.07, 6.45) is 8.81. The Morgan fingerprint density at radius 3 is 2.55 bits per heavy atom. The molecule has 4 rings (SSSR count). The topological polar surface area (TPSA) is 54.7 Å². The van der Waals surface area contributed by atoms with Crippen molar-refractivity contribution in [2.24, 2.45) is 0 Å². The van der Waals surface area contributed by atoms with Gasteiger partial charge in [-0.05, 0) is 68.4 Å². The highest BCUT2D eigenvalue weighted by Gasteiger charge is 2.16. The molecule has 0 radical (unpaired) electrons. The molecule has 2 aromatic carbocycles. The van der Waals surface area contributed by atoms with Gasteiger partial charge in [0.15, 0.2) is 5.78 Å². The standard InChI is InChI=1S/C26H30N2O3/c1-31-23-12-9-20(10-13-23)26(30)14-11-21-17-28(25-8-4-3-7-24(21)25)19-22(29)18-27-15-5-2-6-16-27/h3-4,7-14,17,22,29H,2,5-6,15-16,18-19H2,1H3/b14-11+/t22-/m1/s1. The number of hydrogen-bond acceptors (Lipinski definition) is 4. The third-order valence-corrected chi connectivity index (χ3v) is 5.93. The first-order chi connectivity index (χ1) is 15.1. The van der Waals surface area contributed by atoms with Crippen LogP contribution in [0, 0.1) is 0 Å². The molecule has 2 heterocycles. The minimum Gasteiger partial charge on any atom is -0.497 e. The Labute approximate surface area is 183 Å². The maximum absolute atomic E-state index is 12.6. The summed E-state index contributed by atoms with van der Waals surface area (Å²) in [7, 11) is 1.61. The van der Waals surface area contributed by atoms with Crippen LogP contribution in [0.3, 0.4) is 0 Å². The maximum atomic E-state index is 12.6. The van der Waals surface area contributed by atoms with Gasteiger partial charge in [-0.15, -0.1) is 0 Å². The number of fused-ring (bicyclic) bond motifs is 1. The van der Waals surface area contributed by atoms with Crippen molar-refractivity contribution in [3.8, 4) is 5.75 Å². The molecule has 1 aliphatic rings. The van der Waals surface area contributed by atoms with Crippen LogP contribution in [0.5, 0.6) is 5.75 Å². The number of likely N-dealkylation sites (tertiary alicyclic amines) is 1. The Hall–Kier alpha value is -2.89. The minimum absolute atomic E-state index is 0.0513. The van der Waals surface area contributed by atoms with Gasteiger partial charge in [0.05, 0.1) is 13.2 Å². The molecular weight excluding hydrogens is 388 g/mol. The van der Waals surface area contributed by atoms with Gasteiger partial charge in [-0.1, -0.05) is 24.6 Å². The molecule has 162 valence electrons. The zero-order valence-electron chi connectivity index (χ0n) is 18.0. The van der Waals surface area contributed by atoms with Gasteiger partial charge in [0.1, 0.15) is 5.75 Å². The molecule has 5 nitrogen and oxygen atoms in total. The van der Waals surface area contributed by atoms with Gasteiger partial charge in [0.2, 0.25) is 0 Å². The van der Waals surface area contributed by atoms with Gasteiger partial charge < -0.3 is 19.3 Å². The zero-order valence-corrected chi connectivity index (χ0v) is 18.0. The van der Waals surface area contributed by atoms with Crippen molar-refractivity contribution in [2.45, 2.75) is 31.9 Å². The predicted octanol–water partition coefficient (Wildman–Crippen LogP) is 4.39. The van der Waals surface area contributed by atoms with E-state index in [-0.39, 0.29) is 5.78 Å². The number of piperidine rings is 1. The summed E-state index contributed by atoms with van der Waals surface area (Å²) >= 11 is 0. The summed E-state index contributed by atoms with van der Waals surface area (Å²) in [5, 5.41) is 11.8. The third-order valence-electron chi connectivity index (χ3n) is 5.93. The van der Waals surface area contributed by atoms with Crippen molar-refractivity contribution >= 4 is 22.8 Å². The molecule has 0 unspecified atom stereocenters. The number of para-hydroxylation sites is 1. The lowest BCUT2D eigenvalue weighted by Crippen LogP contribution is -2.37. The first-order valence-electron chi connectivity index (χ1n) is 11.0. The molecule has 3 aromatic rings. The van der Waals surface area contributed by atoms with Gasteiger partial charge in [-0.3, -0.25) is 4.79 Å². The molecule has 1 fully saturated rings. The molecular formula is C26H30N2O3. The van der Waals surface area contributed by atoms with E-state index in [4.69, 9.17) is 4.74 Å². The number of rotatable bonds is 8. The monoisotopic (exact) mass is 418 g/mol. The molecule has 1 aromatic heterocycles. The van der Waals surface area contributed by atoms with Gasteiger partial charge in [0, 0.05) is 41.3 Å². The van der Waals surface area contributed by atoms with Crippen LogP contribution >= 0.6 is 0 Å². The summed E-state index contributed by atoms with van der Waals surface area (Å²) in [5.41, 5.74) is 2.66. The highest BCUT2D eigenvalue weighted by atomic mass is 16.5. The number of β-amino-alcohol motifs (C(OH)–C–C–N with tert-alkyl or cyclic N) is 1. The third kappa shape index (κ3) is 5.24. The second-order valence-corrected chi connectivity index (χ2v) is 8.20. The van der Waals surface area contributed by atoms with Crippen LogP contribution in [0.1, 0.15) is 35.2 Å². The van der Waals surface area contributed by atoms with E-state index >= 15 is 0 Å². The first-order valence-corrected chi connectivity index (χ1v) is 11.0. The molecule has 5 heteroatoms. The lowest BCUT2D eigenvalue weighted by Gasteiger charge is -2.28. The number of hydrogen-bond donors (Lipinski definition) is 1. The highest BCUT2D eigenvalue weighted by Crippen LogP contribution is 2.23. The van der Waals surface area contributed by atoms with Gasteiger partial charge >= 0.3 is 0 Å². The SMILES string of the molecule is COc1ccc(C(=O)/C=C/c2cn(C[C@H](O)CN3CCCCC3)c3ccccc23)cc1. The van der Waals surface area contributed by atoms with E-state index in [1.165, 1.54) is 19.3 Å². The number of ketones is 1. The highest BCUT2D eigenvalue weighted by molar-refractivity contribution is 6.07. The Bertz CT molecular complexity index is 1050. The number of aromatic nitrogens is 1. The minimum atomic E-state index is -0.424. The number of allylic oxidation sites excluding steroid dienone is 1. The van der Waals surface area contributed by atoms with Crippen molar-refractivity contribution in [1.29, 1.82) is 0 Å². The Morgan fingerprint density at radius 2 is 1.81 bits per heavy atom. The summed E-state index contributed by atoms with van der Waals surface area (Å²) in [6, 6.07) is 15.2. The fourth-order valence-electron chi connectivity index (χ4n) is 4.30. The summed E-state index contributed by atoms with van der Waals surface area (Å²) < 4.78 is 7.25. The van der Waals surface area contributed by atoms with Crippen LogP contribution in [-0.2, 0) is 6.54 Å². The molecule has 1 atom stereocenters. The molecule has 1 saturated heterocycles. The molecule has 0 amide bonds. The fraction of sp³-hybridized carbons (Fsp3) is 0.346. The van der Waals surface area contributed by atoms with Crippen molar-refractivity contribution in [1.82, 2.24) is 9.47 Å². The van der Waals surface area contributed by atoms with Gasteiger partial charge in [0.25, 0.3) is 0 Å². The normalized spacial score (nSPS) is 16.1. The number of benzene rings is 2. The van der Waals surface area contributed by atoms with Crippen molar-refractivity contribution in [2.75, 3.05) is 26.7 Å². The van der Waals surface area contributed by atoms with Crippen molar-refractivity contribution in [3.05, 3.63) is 71.9 Å². The van der Waals surface area contributed by atoms with E-state index in [1.54, 1.807) is 37.5 Å². The zero-order chi connectivity index (χ0) is 21.6. The van der Waals surface area contributed by atoms with Crippen LogP contribution in [0.2, 0.25) is 0 Å². The molecule has 0 bridgehead atoms. The summed E-state index contributed by atoms with van der Waals surface area (Å²) in [5.74, 6) is 0.677. The lowest BCUT2D eigenvalue weighted by atomic mass is 10.1. The van der Waals surface area contributed by atoms with E-state index in [1.807, 2.05) is 24.4 Å². The summed E-state index contributed by atoms with van der Waals surface area (Å²) in [6.45, 7) is 3.39. The second kappa shape index (κ2) is 9.94. The lowest BCUT2D eigenvalue weighted by molar-refractivity contribution is 0.0892. The quantitative estimate of drug-likeness (QED) is 0.435. The average Bonchev–Trinajstić information content (AvgIpc) is 3.15. The fourth-order valence-corrected chi connectivity index (χ4v) is 4.30. The smallest absolute Gasteiger partial charge is 0.185 e. The van der Waals surface area contributed by atoms with Gasteiger partial charge in [-0.25, -0.2) is 0 Å². The molecule has 0 aliphatic carbocycles. The van der Waals surface area contributed by atoms with E-state index in [9.17, 15) is 9.90 Å².